The number of esters is 1. The molecule has 1 aromatic heterocycles. The van der Waals surface area contributed by atoms with Crippen LogP contribution < -0.4 is 33.8 Å². The molecule has 3 aromatic rings. The maximum atomic E-state index is 14.0. The number of nitrogens with zero attached hydrogens (tertiary/aromatic N) is 2. The van der Waals surface area contributed by atoms with Gasteiger partial charge in [0, 0.05) is 11.6 Å². The second kappa shape index (κ2) is 12.6. The van der Waals surface area contributed by atoms with Crippen LogP contribution in [0.5, 0.6) is 23.0 Å². The highest BCUT2D eigenvalue weighted by atomic mass is 79.9. The Hall–Kier alpha value is -3.83. The van der Waals surface area contributed by atoms with Gasteiger partial charge in [-0.15, -0.1) is 0 Å². The molecule has 40 heavy (non-hydrogen) atoms. The number of halogens is 1. The number of benzene rings is 2. The van der Waals surface area contributed by atoms with Gasteiger partial charge in [-0.25, -0.2) is 9.79 Å². The van der Waals surface area contributed by atoms with E-state index >= 15 is 0 Å². The third-order valence-electron chi connectivity index (χ3n) is 6.15. The molecule has 0 amide bonds. The molecule has 0 N–H and O–H groups in total. The summed E-state index contributed by atoms with van der Waals surface area (Å²) in [5.41, 5.74) is 1.71. The van der Waals surface area contributed by atoms with Crippen LogP contribution in [-0.2, 0) is 9.53 Å². The molecule has 11 heteroatoms. The number of carbonyl (C=O) groups excluding carboxylic acids is 1. The van der Waals surface area contributed by atoms with E-state index in [0.29, 0.717) is 60.2 Å². The number of hydrogen-bond acceptors (Lipinski definition) is 9. The van der Waals surface area contributed by atoms with Gasteiger partial charge in [-0.1, -0.05) is 24.0 Å². The molecule has 210 valence electrons. The molecule has 0 unspecified atom stereocenters. The molecular weight excluding hydrogens is 600 g/mol. The van der Waals surface area contributed by atoms with Crippen LogP contribution >= 0.6 is 27.3 Å². The summed E-state index contributed by atoms with van der Waals surface area (Å²) in [7, 11) is 4.62. The monoisotopic (exact) mass is 628 g/mol. The number of ether oxygens (including phenoxy) is 5. The highest BCUT2D eigenvalue weighted by molar-refractivity contribution is 9.10. The summed E-state index contributed by atoms with van der Waals surface area (Å²) in [5.74, 6) is 1.51. The van der Waals surface area contributed by atoms with Gasteiger partial charge in [-0.05, 0) is 65.7 Å². The largest absolute Gasteiger partial charge is 0.497 e. The Balaban J connectivity index is 1.95. The Morgan fingerprint density at radius 1 is 1.15 bits per heavy atom. The second-order valence-electron chi connectivity index (χ2n) is 8.54. The van der Waals surface area contributed by atoms with Crippen LogP contribution in [0.1, 0.15) is 31.0 Å². The Labute approximate surface area is 243 Å². The molecule has 0 saturated carbocycles. The molecule has 1 aliphatic heterocycles. The number of hydrogen-bond donors (Lipinski definition) is 0. The van der Waals surface area contributed by atoms with E-state index in [1.165, 1.54) is 23.0 Å². The SMILES string of the molecule is C=CCOc1c(Br)cc(/C=c2\sc3n(c2=O)[C@H](c2ccc(OC)cc2OC)C(C(=O)OCC)=C(C)N=3)cc1OC. The predicted molar refractivity (Wildman–Crippen MR) is 156 cm³/mol. The molecule has 0 aliphatic carbocycles. The Morgan fingerprint density at radius 2 is 1.90 bits per heavy atom. The summed E-state index contributed by atoms with van der Waals surface area (Å²) in [6.45, 7) is 7.62. The number of allylic oxidation sites excluding steroid dienone is 1. The molecule has 1 atom stereocenters. The van der Waals surface area contributed by atoms with Crippen LogP contribution in [0.25, 0.3) is 6.08 Å². The van der Waals surface area contributed by atoms with Crippen LogP contribution in [0.15, 0.2) is 68.5 Å². The lowest BCUT2D eigenvalue weighted by Crippen LogP contribution is -2.40. The first-order valence-corrected chi connectivity index (χ1v) is 13.9. The van der Waals surface area contributed by atoms with Crippen LogP contribution in [0, 0.1) is 0 Å². The fourth-order valence-electron chi connectivity index (χ4n) is 4.39. The second-order valence-corrected chi connectivity index (χ2v) is 10.4. The number of thiazole rings is 1. The zero-order valence-corrected chi connectivity index (χ0v) is 25.2. The molecule has 2 heterocycles. The van der Waals surface area contributed by atoms with Gasteiger partial charge in [0.1, 0.15) is 24.1 Å². The summed E-state index contributed by atoms with van der Waals surface area (Å²) < 4.78 is 30.2. The summed E-state index contributed by atoms with van der Waals surface area (Å²) in [6.07, 6.45) is 3.39. The van der Waals surface area contributed by atoms with Crippen molar-refractivity contribution in [2.24, 2.45) is 4.99 Å². The standard InChI is InChI=1S/C29H29BrN2O7S/c1-7-11-39-26-20(30)12-17(13-22(26)37-6)14-23-27(33)32-25(19-10-9-18(35-4)15-21(19)36-5)24(28(34)38-8-2)16(3)31-29(32)40-23/h7,9-10,12-15,25H,1,8,11H2,2-6H3/b23-14-/t25-/m1/s1. The van der Waals surface area contributed by atoms with E-state index in [-0.39, 0.29) is 17.7 Å². The Bertz CT molecular complexity index is 1670. The molecule has 2 aromatic carbocycles. The third-order valence-corrected chi connectivity index (χ3v) is 7.72. The van der Waals surface area contributed by atoms with Crippen LogP contribution in [0.2, 0.25) is 0 Å². The fraction of sp³-hybridized carbons (Fsp3) is 0.276. The van der Waals surface area contributed by atoms with E-state index < -0.39 is 12.0 Å². The quantitative estimate of drug-likeness (QED) is 0.246. The predicted octanol–water partition coefficient (Wildman–Crippen LogP) is 4.15. The highest BCUT2D eigenvalue weighted by Gasteiger charge is 2.35. The Kier molecular flexibility index (Phi) is 9.16. The molecule has 9 nitrogen and oxygen atoms in total. The van der Waals surface area contributed by atoms with E-state index in [9.17, 15) is 9.59 Å². The van der Waals surface area contributed by atoms with E-state index in [0.717, 1.165) is 0 Å². The third kappa shape index (κ3) is 5.57. The van der Waals surface area contributed by atoms with Crippen molar-refractivity contribution in [3.63, 3.8) is 0 Å². The number of aromatic nitrogens is 1. The average Bonchev–Trinajstić information content (AvgIpc) is 3.24. The van der Waals surface area contributed by atoms with Crippen LogP contribution in [0.4, 0.5) is 0 Å². The van der Waals surface area contributed by atoms with Crippen LogP contribution in [0.3, 0.4) is 0 Å². The minimum atomic E-state index is -0.825. The van der Waals surface area contributed by atoms with Crippen LogP contribution in [-0.4, -0.2) is 45.1 Å². The molecule has 0 saturated heterocycles. The molecule has 4 rings (SSSR count). The highest BCUT2D eigenvalue weighted by Crippen LogP contribution is 2.38. The van der Waals surface area contributed by atoms with Gasteiger partial charge in [0.05, 0.1) is 48.2 Å². The smallest absolute Gasteiger partial charge is 0.338 e. The lowest BCUT2D eigenvalue weighted by Gasteiger charge is -2.26. The zero-order chi connectivity index (χ0) is 29.0. The average molecular weight is 630 g/mol. The van der Waals surface area contributed by atoms with E-state index in [1.54, 1.807) is 64.5 Å². The van der Waals surface area contributed by atoms with Crippen molar-refractivity contribution < 1.29 is 28.5 Å². The van der Waals surface area contributed by atoms with Gasteiger partial charge in [0.25, 0.3) is 5.56 Å². The minimum Gasteiger partial charge on any atom is -0.497 e. The first kappa shape index (κ1) is 29.2. The van der Waals surface area contributed by atoms with E-state index in [2.05, 4.69) is 27.5 Å². The number of carbonyl (C=O) groups is 1. The molecular formula is C29H29BrN2O7S. The summed E-state index contributed by atoms with van der Waals surface area (Å²) >= 11 is 4.75. The van der Waals surface area contributed by atoms with Gasteiger partial charge < -0.3 is 23.7 Å². The lowest BCUT2D eigenvalue weighted by atomic mass is 9.95. The molecule has 0 bridgehead atoms. The summed E-state index contributed by atoms with van der Waals surface area (Å²) in [5, 5.41) is 0. The van der Waals surface area contributed by atoms with Gasteiger partial charge in [-0.3, -0.25) is 9.36 Å². The zero-order valence-electron chi connectivity index (χ0n) is 22.8. The molecule has 0 radical (unpaired) electrons. The normalized spacial score (nSPS) is 14.8. The summed E-state index contributed by atoms with van der Waals surface area (Å²) in [4.78, 5) is 32.2. The van der Waals surface area contributed by atoms with Crippen molar-refractivity contribution in [3.05, 3.63) is 89.5 Å². The molecule has 1 aliphatic rings. The summed E-state index contributed by atoms with van der Waals surface area (Å²) in [6, 6.07) is 8.03. The Morgan fingerprint density at radius 3 is 2.55 bits per heavy atom. The van der Waals surface area contributed by atoms with E-state index in [1.807, 2.05) is 6.07 Å². The van der Waals surface area contributed by atoms with Crippen molar-refractivity contribution in [1.29, 1.82) is 0 Å². The van der Waals surface area contributed by atoms with Crippen molar-refractivity contribution in [2.75, 3.05) is 34.5 Å². The molecule has 0 fully saturated rings. The van der Waals surface area contributed by atoms with Gasteiger partial charge in [0.2, 0.25) is 0 Å². The number of rotatable bonds is 10. The number of fused-ring (bicyclic) bond motifs is 1. The first-order valence-electron chi connectivity index (χ1n) is 12.3. The molecule has 0 spiro atoms. The van der Waals surface area contributed by atoms with E-state index in [4.69, 9.17) is 23.7 Å². The topological polar surface area (TPSA) is 97.6 Å². The van der Waals surface area contributed by atoms with Gasteiger partial charge in [-0.2, -0.15) is 0 Å². The maximum absolute atomic E-state index is 14.0. The van der Waals surface area contributed by atoms with Crippen molar-refractivity contribution >= 4 is 39.3 Å². The number of methoxy groups -OCH3 is 3. The van der Waals surface area contributed by atoms with Crippen molar-refractivity contribution in [1.82, 2.24) is 4.57 Å². The minimum absolute atomic E-state index is 0.176. The van der Waals surface area contributed by atoms with Gasteiger partial charge >= 0.3 is 5.97 Å². The van der Waals surface area contributed by atoms with Crippen molar-refractivity contribution in [3.8, 4) is 23.0 Å². The van der Waals surface area contributed by atoms with Crippen molar-refractivity contribution in [2.45, 2.75) is 19.9 Å². The lowest BCUT2D eigenvalue weighted by molar-refractivity contribution is -0.139. The van der Waals surface area contributed by atoms with Gasteiger partial charge in [0.15, 0.2) is 16.3 Å². The maximum Gasteiger partial charge on any atom is 0.338 e. The fourth-order valence-corrected chi connectivity index (χ4v) is 6.01. The first-order chi connectivity index (χ1) is 19.3.